The molecule has 0 bridgehead atoms. The lowest BCUT2D eigenvalue weighted by atomic mass is 9.88. The fourth-order valence-electron chi connectivity index (χ4n) is 2.58. The molecule has 0 radical (unpaired) electrons. The predicted octanol–water partition coefficient (Wildman–Crippen LogP) is 2.69. The van der Waals surface area contributed by atoms with Gasteiger partial charge < -0.3 is 10.5 Å². The third-order valence-corrected chi connectivity index (χ3v) is 4.08. The summed E-state index contributed by atoms with van der Waals surface area (Å²) in [6.45, 7) is 10.9. The van der Waals surface area contributed by atoms with E-state index in [2.05, 4.69) is 44.7 Å². The van der Waals surface area contributed by atoms with Gasteiger partial charge in [0.15, 0.2) is 0 Å². The van der Waals surface area contributed by atoms with Gasteiger partial charge >= 0.3 is 0 Å². The number of nitrogens with zero attached hydrogens (tertiary/aromatic N) is 1. The lowest BCUT2D eigenvalue weighted by Crippen LogP contribution is -2.56. The van der Waals surface area contributed by atoms with Gasteiger partial charge in [0.25, 0.3) is 0 Å². The molecule has 0 fully saturated rings. The first-order chi connectivity index (χ1) is 8.95. The van der Waals surface area contributed by atoms with Gasteiger partial charge in [-0.1, -0.05) is 26.0 Å². The molecule has 0 saturated carbocycles. The first kappa shape index (κ1) is 16.0. The van der Waals surface area contributed by atoms with Crippen LogP contribution in [-0.2, 0) is 6.42 Å². The van der Waals surface area contributed by atoms with Gasteiger partial charge in [-0.05, 0) is 51.1 Å². The van der Waals surface area contributed by atoms with Crippen LogP contribution in [0, 0.1) is 0 Å². The molecular formula is C16H28N2O. The molecule has 0 heterocycles. The summed E-state index contributed by atoms with van der Waals surface area (Å²) in [7, 11) is 1.69. The summed E-state index contributed by atoms with van der Waals surface area (Å²) in [5.74, 6) is 0.894. The zero-order valence-corrected chi connectivity index (χ0v) is 12.9. The summed E-state index contributed by atoms with van der Waals surface area (Å²) in [5.41, 5.74) is 7.67. The number of benzene rings is 1. The van der Waals surface area contributed by atoms with E-state index in [0.29, 0.717) is 0 Å². The Morgan fingerprint density at radius 2 is 1.89 bits per heavy atom. The molecule has 0 amide bonds. The summed E-state index contributed by atoms with van der Waals surface area (Å²) in [6, 6.07) is 8.26. The van der Waals surface area contributed by atoms with Crippen LogP contribution in [0.15, 0.2) is 24.3 Å². The van der Waals surface area contributed by atoms with Gasteiger partial charge in [0.05, 0.1) is 7.11 Å². The number of nitrogens with two attached hydrogens (primary N) is 1. The summed E-state index contributed by atoms with van der Waals surface area (Å²) >= 11 is 0. The second-order valence-corrected chi connectivity index (χ2v) is 5.49. The van der Waals surface area contributed by atoms with Crippen LogP contribution in [0.4, 0.5) is 0 Å². The zero-order chi connectivity index (χ0) is 14.5. The van der Waals surface area contributed by atoms with Crippen molar-refractivity contribution in [3.05, 3.63) is 29.8 Å². The van der Waals surface area contributed by atoms with Gasteiger partial charge in [-0.2, -0.15) is 0 Å². The lowest BCUT2D eigenvalue weighted by Gasteiger charge is -2.42. The summed E-state index contributed by atoms with van der Waals surface area (Å²) < 4.78 is 5.26. The maximum atomic E-state index is 6.44. The van der Waals surface area contributed by atoms with Gasteiger partial charge in [-0.25, -0.2) is 0 Å². The van der Waals surface area contributed by atoms with E-state index in [9.17, 15) is 0 Å². The predicted molar refractivity (Wildman–Crippen MR) is 81.7 cm³/mol. The number of ether oxygens (including phenoxy) is 1. The van der Waals surface area contributed by atoms with E-state index in [1.54, 1.807) is 7.11 Å². The molecule has 108 valence electrons. The van der Waals surface area contributed by atoms with Crippen LogP contribution in [-0.4, -0.2) is 36.7 Å². The van der Waals surface area contributed by atoms with Gasteiger partial charge in [0, 0.05) is 11.6 Å². The molecule has 0 aliphatic carbocycles. The molecule has 0 aromatic heterocycles. The van der Waals surface area contributed by atoms with Crippen LogP contribution in [0.3, 0.4) is 0 Å². The van der Waals surface area contributed by atoms with Crippen molar-refractivity contribution in [3.63, 3.8) is 0 Å². The SMILES string of the molecule is CCN(CC)C(C)(C)C(N)Cc1cccc(OC)c1. The van der Waals surface area contributed by atoms with E-state index < -0.39 is 0 Å². The average molecular weight is 264 g/mol. The molecular weight excluding hydrogens is 236 g/mol. The van der Waals surface area contributed by atoms with Gasteiger partial charge in [0.2, 0.25) is 0 Å². The van der Waals surface area contributed by atoms with Crippen LogP contribution in [0.1, 0.15) is 33.3 Å². The third kappa shape index (κ3) is 3.95. The zero-order valence-electron chi connectivity index (χ0n) is 12.9. The second-order valence-electron chi connectivity index (χ2n) is 5.49. The molecule has 1 atom stereocenters. The first-order valence-corrected chi connectivity index (χ1v) is 7.09. The lowest BCUT2D eigenvalue weighted by molar-refractivity contribution is 0.106. The van der Waals surface area contributed by atoms with Crippen molar-refractivity contribution in [1.82, 2.24) is 4.90 Å². The Labute approximate surface area is 117 Å². The number of rotatable bonds is 7. The fraction of sp³-hybridized carbons (Fsp3) is 0.625. The van der Waals surface area contributed by atoms with Crippen LogP contribution in [0.25, 0.3) is 0 Å². The molecule has 3 heteroatoms. The van der Waals surface area contributed by atoms with E-state index >= 15 is 0 Å². The van der Waals surface area contributed by atoms with Crippen molar-refractivity contribution in [2.45, 2.75) is 45.7 Å². The molecule has 0 spiro atoms. The van der Waals surface area contributed by atoms with Crippen molar-refractivity contribution in [2.75, 3.05) is 20.2 Å². The highest BCUT2D eigenvalue weighted by Crippen LogP contribution is 2.22. The maximum Gasteiger partial charge on any atom is 0.119 e. The van der Waals surface area contributed by atoms with Crippen LogP contribution >= 0.6 is 0 Å². The standard InChI is InChI=1S/C16H28N2O/c1-6-18(7-2)16(3,4)15(17)12-13-9-8-10-14(11-13)19-5/h8-11,15H,6-7,12,17H2,1-5H3. The average Bonchev–Trinajstić information content (AvgIpc) is 2.40. The Morgan fingerprint density at radius 1 is 1.26 bits per heavy atom. The molecule has 1 unspecified atom stereocenters. The summed E-state index contributed by atoms with van der Waals surface area (Å²) in [6.07, 6.45) is 0.862. The topological polar surface area (TPSA) is 38.5 Å². The molecule has 19 heavy (non-hydrogen) atoms. The highest BCUT2D eigenvalue weighted by molar-refractivity contribution is 5.29. The highest BCUT2D eigenvalue weighted by Gasteiger charge is 2.31. The van der Waals surface area contributed by atoms with Crippen molar-refractivity contribution < 1.29 is 4.74 Å². The molecule has 0 aliphatic heterocycles. The quantitative estimate of drug-likeness (QED) is 0.823. The molecule has 3 nitrogen and oxygen atoms in total. The van der Waals surface area contributed by atoms with E-state index in [-0.39, 0.29) is 11.6 Å². The Kier molecular flexibility index (Phi) is 5.83. The molecule has 0 aliphatic rings. The van der Waals surface area contributed by atoms with E-state index in [1.807, 2.05) is 12.1 Å². The molecule has 2 N–H and O–H groups in total. The molecule has 1 aromatic carbocycles. The first-order valence-electron chi connectivity index (χ1n) is 7.09. The minimum absolute atomic E-state index is 0.00736. The molecule has 1 aromatic rings. The Hall–Kier alpha value is -1.06. The second kappa shape index (κ2) is 6.92. The van der Waals surface area contributed by atoms with Crippen molar-refractivity contribution in [1.29, 1.82) is 0 Å². The third-order valence-electron chi connectivity index (χ3n) is 4.08. The van der Waals surface area contributed by atoms with Crippen LogP contribution in [0.5, 0.6) is 5.75 Å². The minimum atomic E-state index is -0.00736. The summed E-state index contributed by atoms with van der Waals surface area (Å²) in [5, 5.41) is 0. The van der Waals surface area contributed by atoms with Crippen molar-refractivity contribution >= 4 is 0 Å². The van der Waals surface area contributed by atoms with E-state index in [4.69, 9.17) is 10.5 Å². The molecule has 1 rings (SSSR count). The van der Waals surface area contributed by atoms with Crippen molar-refractivity contribution in [3.8, 4) is 5.75 Å². The number of methoxy groups -OCH3 is 1. The van der Waals surface area contributed by atoms with Gasteiger partial charge in [-0.15, -0.1) is 0 Å². The maximum absolute atomic E-state index is 6.44. The number of hydrogen-bond donors (Lipinski definition) is 1. The Balaban J connectivity index is 2.79. The largest absolute Gasteiger partial charge is 0.497 e. The monoisotopic (exact) mass is 264 g/mol. The van der Waals surface area contributed by atoms with E-state index in [1.165, 1.54) is 5.56 Å². The van der Waals surface area contributed by atoms with E-state index in [0.717, 1.165) is 25.3 Å². The smallest absolute Gasteiger partial charge is 0.119 e. The molecule has 0 saturated heterocycles. The Bertz CT molecular complexity index is 386. The fourth-order valence-corrected chi connectivity index (χ4v) is 2.58. The van der Waals surface area contributed by atoms with Crippen molar-refractivity contribution in [2.24, 2.45) is 5.73 Å². The van der Waals surface area contributed by atoms with Gasteiger partial charge in [0.1, 0.15) is 5.75 Å². The Morgan fingerprint density at radius 3 is 2.42 bits per heavy atom. The normalized spacial score (nSPS) is 13.6. The highest BCUT2D eigenvalue weighted by atomic mass is 16.5. The van der Waals surface area contributed by atoms with Crippen LogP contribution < -0.4 is 10.5 Å². The minimum Gasteiger partial charge on any atom is -0.497 e. The number of likely N-dealkylation sites (N-methyl/N-ethyl adjacent to an activating group) is 1. The van der Waals surface area contributed by atoms with Crippen LogP contribution in [0.2, 0.25) is 0 Å². The number of hydrogen-bond acceptors (Lipinski definition) is 3. The van der Waals surface area contributed by atoms with Gasteiger partial charge in [-0.3, -0.25) is 4.90 Å². The summed E-state index contributed by atoms with van der Waals surface area (Å²) in [4.78, 5) is 2.41.